The van der Waals surface area contributed by atoms with Crippen molar-refractivity contribution in [1.29, 1.82) is 0 Å². The Bertz CT molecular complexity index is 953. The molecular formula is C16H13N3O3S. The summed E-state index contributed by atoms with van der Waals surface area (Å²) in [6.07, 6.45) is 6.58. The van der Waals surface area contributed by atoms with Gasteiger partial charge in [0.1, 0.15) is 11.3 Å². The summed E-state index contributed by atoms with van der Waals surface area (Å²) in [5, 5.41) is 10.5. The number of H-pyrrole nitrogens is 1. The quantitative estimate of drug-likeness (QED) is 0.849. The van der Waals surface area contributed by atoms with Crippen molar-refractivity contribution in [2.24, 2.45) is 4.99 Å². The Kier molecular flexibility index (Phi) is 3.94. The van der Waals surface area contributed by atoms with Crippen LogP contribution < -0.4 is 10.3 Å². The molecule has 0 radical (unpaired) electrons. The van der Waals surface area contributed by atoms with Gasteiger partial charge in [0.2, 0.25) is 5.88 Å². The zero-order valence-electron chi connectivity index (χ0n) is 12.2. The summed E-state index contributed by atoms with van der Waals surface area (Å²) in [5.41, 5.74) is 0.753. The third-order valence-corrected chi connectivity index (χ3v) is 3.59. The van der Waals surface area contributed by atoms with Gasteiger partial charge in [0.15, 0.2) is 4.77 Å². The van der Waals surface area contributed by atoms with Crippen LogP contribution in [0.15, 0.2) is 51.9 Å². The molecule has 1 aliphatic rings. The lowest BCUT2D eigenvalue weighted by Gasteiger charge is -2.12. The average molecular weight is 327 g/mol. The second kappa shape index (κ2) is 6.05. The van der Waals surface area contributed by atoms with Gasteiger partial charge in [0.25, 0.3) is 5.56 Å². The van der Waals surface area contributed by atoms with Crippen molar-refractivity contribution in [3.8, 4) is 17.3 Å². The molecule has 2 N–H and O–H groups in total. The standard InChI is InChI=1S/C16H13N3O3S/c1-22-12-6-2-5-11(9-12)19-15(21)13(14(20)18-16(19)23)8-10-4-3-7-17-10/h2-9,21H,1H3,(H,18,20,23). The third kappa shape index (κ3) is 2.86. The first-order valence-electron chi connectivity index (χ1n) is 6.75. The summed E-state index contributed by atoms with van der Waals surface area (Å²) in [6.45, 7) is 0. The Morgan fingerprint density at radius 3 is 2.96 bits per heavy atom. The lowest BCUT2D eigenvalue weighted by atomic mass is 10.2. The number of aromatic amines is 1. The van der Waals surface area contributed by atoms with Crippen molar-refractivity contribution >= 4 is 24.5 Å². The highest BCUT2D eigenvalue weighted by molar-refractivity contribution is 7.71. The average Bonchev–Trinajstić information content (AvgIpc) is 3.04. The van der Waals surface area contributed by atoms with Gasteiger partial charge in [-0.15, -0.1) is 0 Å². The van der Waals surface area contributed by atoms with E-state index in [0.717, 1.165) is 0 Å². The fraction of sp³-hybridized carbons (Fsp3) is 0.0625. The maximum Gasteiger partial charge on any atom is 0.262 e. The second-order valence-electron chi connectivity index (χ2n) is 4.74. The number of rotatable bonds is 3. The van der Waals surface area contributed by atoms with Crippen LogP contribution in [-0.2, 0) is 0 Å². The summed E-state index contributed by atoms with van der Waals surface area (Å²) in [6, 6.07) is 7.00. The Labute approximate surface area is 136 Å². The highest BCUT2D eigenvalue weighted by atomic mass is 32.1. The van der Waals surface area contributed by atoms with Crippen LogP contribution in [0.2, 0.25) is 0 Å². The number of nitrogens with zero attached hydrogens (tertiary/aromatic N) is 2. The lowest BCUT2D eigenvalue weighted by molar-refractivity contribution is 0.413. The molecule has 6 nitrogen and oxygen atoms in total. The molecule has 0 unspecified atom stereocenters. The molecular weight excluding hydrogens is 314 g/mol. The number of methoxy groups -OCH3 is 1. The summed E-state index contributed by atoms with van der Waals surface area (Å²) in [5.74, 6) is 0.355. The number of ether oxygens (including phenoxy) is 1. The van der Waals surface area contributed by atoms with Gasteiger partial charge < -0.3 is 9.84 Å². The highest BCUT2D eigenvalue weighted by Crippen LogP contribution is 2.24. The summed E-state index contributed by atoms with van der Waals surface area (Å²) in [7, 11) is 1.55. The monoisotopic (exact) mass is 327 g/mol. The second-order valence-corrected chi connectivity index (χ2v) is 5.13. The third-order valence-electron chi connectivity index (χ3n) is 3.30. The van der Waals surface area contributed by atoms with E-state index in [4.69, 9.17) is 17.0 Å². The summed E-state index contributed by atoms with van der Waals surface area (Å²) < 4.78 is 6.64. The molecule has 0 spiro atoms. The normalized spacial score (nSPS) is 14.6. The maximum atomic E-state index is 12.1. The maximum absolute atomic E-state index is 12.1. The summed E-state index contributed by atoms with van der Waals surface area (Å²) >= 11 is 5.17. The van der Waals surface area contributed by atoms with E-state index in [2.05, 4.69) is 9.98 Å². The predicted molar refractivity (Wildman–Crippen MR) is 91.0 cm³/mol. The van der Waals surface area contributed by atoms with E-state index in [1.807, 2.05) is 0 Å². The van der Waals surface area contributed by atoms with E-state index in [1.54, 1.807) is 49.7 Å². The minimum Gasteiger partial charge on any atom is -0.497 e. The molecule has 0 saturated heterocycles. The van der Waals surface area contributed by atoms with Gasteiger partial charge in [0.05, 0.1) is 18.5 Å². The molecule has 1 aromatic heterocycles. The number of aromatic hydroxyl groups is 1. The van der Waals surface area contributed by atoms with Gasteiger partial charge in [0, 0.05) is 12.3 Å². The molecule has 116 valence electrons. The number of aliphatic imine (C=N–C) groups is 1. The first-order chi connectivity index (χ1) is 11.1. The number of nitrogens with one attached hydrogen (secondary N) is 1. The first kappa shape index (κ1) is 15.0. The topological polar surface area (TPSA) is 79.6 Å². The van der Waals surface area contributed by atoms with Gasteiger partial charge in [-0.2, -0.15) is 0 Å². The molecule has 0 atom stereocenters. The van der Waals surface area contributed by atoms with Gasteiger partial charge in [-0.1, -0.05) is 6.07 Å². The first-order valence-corrected chi connectivity index (χ1v) is 7.16. The van der Waals surface area contributed by atoms with Crippen LogP contribution in [0, 0.1) is 4.77 Å². The molecule has 0 aliphatic carbocycles. The highest BCUT2D eigenvalue weighted by Gasteiger charge is 2.13. The molecule has 7 heteroatoms. The van der Waals surface area contributed by atoms with Crippen molar-refractivity contribution in [1.82, 2.24) is 9.55 Å². The number of hydrogen-bond donors (Lipinski definition) is 2. The molecule has 23 heavy (non-hydrogen) atoms. The van der Waals surface area contributed by atoms with Crippen molar-refractivity contribution in [3.05, 3.63) is 62.8 Å². The molecule has 0 amide bonds. The van der Waals surface area contributed by atoms with Crippen molar-refractivity contribution in [2.75, 3.05) is 7.11 Å². The minimum atomic E-state index is -0.477. The van der Waals surface area contributed by atoms with Crippen LogP contribution in [0.1, 0.15) is 5.56 Å². The van der Waals surface area contributed by atoms with Crippen molar-refractivity contribution in [3.63, 3.8) is 0 Å². The molecule has 1 aromatic carbocycles. The van der Waals surface area contributed by atoms with Crippen LogP contribution >= 0.6 is 12.2 Å². The van der Waals surface area contributed by atoms with Gasteiger partial charge in [-0.05, 0) is 42.6 Å². The van der Waals surface area contributed by atoms with Gasteiger partial charge >= 0.3 is 0 Å². The molecule has 1 aliphatic heterocycles. The van der Waals surface area contributed by atoms with E-state index in [0.29, 0.717) is 17.1 Å². The van der Waals surface area contributed by atoms with Gasteiger partial charge in [-0.3, -0.25) is 19.3 Å². The smallest absolute Gasteiger partial charge is 0.262 e. The molecule has 3 rings (SSSR count). The lowest BCUT2D eigenvalue weighted by Crippen LogP contribution is -2.16. The fourth-order valence-corrected chi connectivity index (χ4v) is 2.49. The SMILES string of the molecule is COc1cccc(-n2c(O)c(C=C3C=CC=N3)c(=O)[nH]c2=S)c1. The number of benzene rings is 1. The molecule has 0 bridgehead atoms. The largest absolute Gasteiger partial charge is 0.497 e. The number of hydrogen-bond acceptors (Lipinski definition) is 5. The predicted octanol–water partition coefficient (Wildman–Crippen LogP) is 2.59. The zero-order valence-corrected chi connectivity index (χ0v) is 13.0. The molecule has 0 saturated carbocycles. The van der Waals surface area contributed by atoms with Crippen LogP contribution in [0.5, 0.6) is 11.6 Å². The van der Waals surface area contributed by atoms with E-state index in [9.17, 15) is 9.90 Å². The molecule has 0 fully saturated rings. The van der Waals surface area contributed by atoms with E-state index in [1.165, 1.54) is 10.6 Å². The van der Waals surface area contributed by atoms with Crippen LogP contribution in [0.4, 0.5) is 0 Å². The Balaban J connectivity index is 2.23. The van der Waals surface area contributed by atoms with Crippen molar-refractivity contribution in [2.45, 2.75) is 0 Å². The van der Waals surface area contributed by atoms with E-state index in [-0.39, 0.29) is 16.2 Å². The fourth-order valence-electron chi connectivity index (χ4n) is 2.20. The zero-order chi connectivity index (χ0) is 16.4. The Morgan fingerprint density at radius 2 is 2.26 bits per heavy atom. The number of aromatic nitrogens is 2. The summed E-state index contributed by atoms with van der Waals surface area (Å²) in [4.78, 5) is 18.7. The van der Waals surface area contributed by atoms with Crippen molar-refractivity contribution < 1.29 is 9.84 Å². The molecule has 2 heterocycles. The Morgan fingerprint density at radius 1 is 1.43 bits per heavy atom. The Hall–Kier alpha value is -2.93. The van der Waals surface area contributed by atoms with Crippen LogP contribution in [0.25, 0.3) is 11.8 Å². The number of allylic oxidation sites excluding steroid dienone is 2. The minimum absolute atomic E-state index is 0.0834. The molecule has 2 aromatic rings. The van der Waals surface area contributed by atoms with E-state index < -0.39 is 5.56 Å². The van der Waals surface area contributed by atoms with Gasteiger partial charge in [-0.25, -0.2) is 0 Å². The van der Waals surface area contributed by atoms with E-state index >= 15 is 0 Å². The van der Waals surface area contributed by atoms with Crippen LogP contribution in [0.3, 0.4) is 0 Å². The van der Waals surface area contributed by atoms with Crippen LogP contribution in [-0.4, -0.2) is 28.0 Å².